The molecule has 1 aliphatic rings. The molecule has 1 aliphatic heterocycles. The lowest BCUT2D eigenvalue weighted by Crippen LogP contribution is -2.35. The van der Waals surface area contributed by atoms with E-state index in [9.17, 15) is 0 Å². The van der Waals surface area contributed by atoms with E-state index in [4.69, 9.17) is 5.73 Å². The van der Waals surface area contributed by atoms with Crippen LogP contribution in [0, 0.1) is 17.3 Å². The quantitative estimate of drug-likeness (QED) is 0.786. The van der Waals surface area contributed by atoms with Crippen molar-refractivity contribution < 1.29 is 0 Å². The van der Waals surface area contributed by atoms with Crippen molar-refractivity contribution in [3.63, 3.8) is 0 Å². The second kappa shape index (κ2) is 7.49. The zero-order chi connectivity index (χ0) is 13.6. The van der Waals surface area contributed by atoms with Crippen LogP contribution in [0.25, 0.3) is 0 Å². The Balaban J connectivity index is 2.25. The highest BCUT2D eigenvalue weighted by Crippen LogP contribution is 2.32. The van der Waals surface area contributed by atoms with Crippen molar-refractivity contribution in [2.24, 2.45) is 23.0 Å². The predicted molar refractivity (Wildman–Crippen MR) is 80.7 cm³/mol. The minimum Gasteiger partial charge on any atom is -0.330 e. The second-order valence-corrected chi connectivity index (χ2v) is 7.33. The molecule has 2 N–H and O–H groups in total. The van der Waals surface area contributed by atoms with Gasteiger partial charge in [-0.3, -0.25) is 0 Å². The van der Waals surface area contributed by atoms with Crippen molar-refractivity contribution >= 4 is 0 Å². The number of likely N-dealkylation sites (tertiary alicyclic amines) is 1. The van der Waals surface area contributed by atoms with Gasteiger partial charge in [-0.05, 0) is 69.0 Å². The average molecular weight is 254 g/mol. The molecule has 18 heavy (non-hydrogen) atoms. The lowest BCUT2D eigenvalue weighted by molar-refractivity contribution is 0.161. The lowest BCUT2D eigenvalue weighted by atomic mass is 9.76. The fourth-order valence-electron chi connectivity index (χ4n) is 3.26. The summed E-state index contributed by atoms with van der Waals surface area (Å²) in [5.74, 6) is 1.69. The van der Waals surface area contributed by atoms with Crippen molar-refractivity contribution in [2.45, 2.75) is 59.8 Å². The molecular formula is C16H34N2. The van der Waals surface area contributed by atoms with Crippen molar-refractivity contribution in [1.82, 2.24) is 4.90 Å². The fourth-order valence-corrected chi connectivity index (χ4v) is 3.26. The third kappa shape index (κ3) is 5.71. The Morgan fingerprint density at radius 3 is 2.56 bits per heavy atom. The van der Waals surface area contributed by atoms with E-state index in [1.54, 1.807) is 0 Å². The fraction of sp³-hybridized carbons (Fsp3) is 1.00. The summed E-state index contributed by atoms with van der Waals surface area (Å²) in [6.07, 6.45) is 6.68. The molecule has 2 unspecified atom stereocenters. The Kier molecular flexibility index (Phi) is 6.65. The first-order valence-corrected chi connectivity index (χ1v) is 7.86. The van der Waals surface area contributed by atoms with Crippen LogP contribution >= 0.6 is 0 Å². The first-order valence-electron chi connectivity index (χ1n) is 7.86. The monoisotopic (exact) mass is 254 g/mol. The Bertz CT molecular complexity index is 220. The predicted octanol–water partition coefficient (Wildman–Crippen LogP) is 3.51. The molecule has 0 bridgehead atoms. The van der Waals surface area contributed by atoms with Crippen molar-refractivity contribution in [2.75, 3.05) is 26.2 Å². The standard InChI is InChI=1S/C16H34N2/c1-14-7-5-11-18(13-14)12-6-8-15(9-10-17)16(2,3)4/h14-15H,5-13,17H2,1-4H3. The minimum absolute atomic E-state index is 0.411. The third-order valence-electron chi connectivity index (χ3n) is 4.51. The molecule has 0 aromatic heterocycles. The Labute approximate surface area is 114 Å². The average Bonchev–Trinajstić information content (AvgIpc) is 2.27. The topological polar surface area (TPSA) is 29.3 Å². The maximum atomic E-state index is 5.75. The Hall–Kier alpha value is -0.0800. The molecule has 108 valence electrons. The van der Waals surface area contributed by atoms with E-state index in [-0.39, 0.29) is 0 Å². The van der Waals surface area contributed by atoms with Crippen LogP contribution in [-0.2, 0) is 0 Å². The SMILES string of the molecule is CC1CCCN(CCCC(CCN)C(C)(C)C)C1. The second-order valence-electron chi connectivity index (χ2n) is 7.33. The molecule has 1 rings (SSSR count). The van der Waals surface area contributed by atoms with Gasteiger partial charge < -0.3 is 10.6 Å². The first-order chi connectivity index (χ1) is 8.43. The zero-order valence-corrected chi connectivity index (χ0v) is 13.0. The van der Waals surface area contributed by atoms with Gasteiger partial charge in [0, 0.05) is 6.54 Å². The Morgan fingerprint density at radius 1 is 1.28 bits per heavy atom. The summed E-state index contributed by atoms with van der Waals surface area (Å²) in [5, 5.41) is 0. The van der Waals surface area contributed by atoms with Gasteiger partial charge in [-0.1, -0.05) is 27.7 Å². The molecule has 2 nitrogen and oxygen atoms in total. The van der Waals surface area contributed by atoms with Gasteiger partial charge in [0.25, 0.3) is 0 Å². The van der Waals surface area contributed by atoms with E-state index >= 15 is 0 Å². The van der Waals surface area contributed by atoms with Crippen LogP contribution in [0.1, 0.15) is 59.8 Å². The van der Waals surface area contributed by atoms with Crippen LogP contribution in [0.3, 0.4) is 0 Å². The molecular weight excluding hydrogens is 220 g/mol. The zero-order valence-electron chi connectivity index (χ0n) is 13.0. The molecule has 0 saturated carbocycles. The number of piperidine rings is 1. The highest BCUT2D eigenvalue weighted by Gasteiger charge is 2.24. The summed E-state index contributed by atoms with van der Waals surface area (Å²) in [4.78, 5) is 2.66. The van der Waals surface area contributed by atoms with E-state index < -0.39 is 0 Å². The number of nitrogens with zero attached hydrogens (tertiary/aromatic N) is 1. The van der Waals surface area contributed by atoms with Gasteiger partial charge in [0.05, 0.1) is 0 Å². The number of hydrogen-bond acceptors (Lipinski definition) is 2. The summed E-state index contributed by atoms with van der Waals surface area (Å²) in [6.45, 7) is 14.2. The van der Waals surface area contributed by atoms with E-state index in [0.717, 1.165) is 18.4 Å². The molecule has 0 spiro atoms. The molecule has 2 heteroatoms. The molecule has 0 aliphatic carbocycles. The minimum atomic E-state index is 0.411. The van der Waals surface area contributed by atoms with Crippen LogP contribution in [0.5, 0.6) is 0 Å². The summed E-state index contributed by atoms with van der Waals surface area (Å²) in [7, 11) is 0. The van der Waals surface area contributed by atoms with Gasteiger partial charge in [0.2, 0.25) is 0 Å². The normalized spacial score (nSPS) is 24.2. The highest BCUT2D eigenvalue weighted by atomic mass is 15.1. The molecule has 0 amide bonds. The smallest absolute Gasteiger partial charge is 0.000703 e. The first kappa shape index (κ1) is 16.0. The maximum absolute atomic E-state index is 5.75. The van der Waals surface area contributed by atoms with Gasteiger partial charge in [0.15, 0.2) is 0 Å². The Morgan fingerprint density at radius 2 is 2.00 bits per heavy atom. The molecule has 0 aromatic rings. The van der Waals surface area contributed by atoms with Gasteiger partial charge in [-0.2, -0.15) is 0 Å². The van der Waals surface area contributed by atoms with E-state index in [1.165, 1.54) is 51.7 Å². The van der Waals surface area contributed by atoms with Gasteiger partial charge >= 0.3 is 0 Å². The summed E-state index contributed by atoms with van der Waals surface area (Å²) in [5.41, 5.74) is 6.16. The van der Waals surface area contributed by atoms with Crippen LogP contribution in [0.4, 0.5) is 0 Å². The van der Waals surface area contributed by atoms with Gasteiger partial charge in [-0.15, -0.1) is 0 Å². The van der Waals surface area contributed by atoms with Crippen LogP contribution in [-0.4, -0.2) is 31.1 Å². The van der Waals surface area contributed by atoms with Gasteiger partial charge in [0.1, 0.15) is 0 Å². The van der Waals surface area contributed by atoms with Crippen molar-refractivity contribution in [3.8, 4) is 0 Å². The van der Waals surface area contributed by atoms with Crippen LogP contribution in [0.2, 0.25) is 0 Å². The molecule has 1 heterocycles. The van der Waals surface area contributed by atoms with E-state index in [1.807, 2.05) is 0 Å². The summed E-state index contributed by atoms with van der Waals surface area (Å²) >= 11 is 0. The van der Waals surface area contributed by atoms with Crippen molar-refractivity contribution in [1.29, 1.82) is 0 Å². The summed E-state index contributed by atoms with van der Waals surface area (Å²) < 4.78 is 0. The number of rotatable bonds is 6. The van der Waals surface area contributed by atoms with Gasteiger partial charge in [-0.25, -0.2) is 0 Å². The van der Waals surface area contributed by atoms with E-state index in [2.05, 4.69) is 32.6 Å². The number of hydrogen-bond donors (Lipinski definition) is 1. The highest BCUT2D eigenvalue weighted by molar-refractivity contribution is 4.76. The molecule has 1 fully saturated rings. The largest absolute Gasteiger partial charge is 0.330 e. The molecule has 2 atom stereocenters. The van der Waals surface area contributed by atoms with Crippen molar-refractivity contribution in [3.05, 3.63) is 0 Å². The maximum Gasteiger partial charge on any atom is 0.000703 e. The lowest BCUT2D eigenvalue weighted by Gasteiger charge is -2.33. The third-order valence-corrected chi connectivity index (χ3v) is 4.51. The van der Waals surface area contributed by atoms with Crippen LogP contribution < -0.4 is 5.73 Å². The molecule has 1 saturated heterocycles. The molecule has 0 radical (unpaired) electrons. The number of nitrogens with two attached hydrogens (primary N) is 1. The van der Waals surface area contributed by atoms with Crippen LogP contribution in [0.15, 0.2) is 0 Å². The van der Waals surface area contributed by atoms with E-state index in [0.29, 0.717) is 5.41 Å². The molecule has 0 aromatic carbocycles. The summed E-state index contributed by atoms with van der Waals surface area (Å²) in [6, 6.07) is 0.